The van der Waals surface area contributed by atoms with Gasteiger partial charge in [-0.2, -0.15) is 0 Å². The van der Waals surface area contributed by atoms with Crippen molar-refractivity contribution in [1.82, 2.24) is 19.9 Å². The van der Waals surface area contributed by atoms with Crippen LogP contribution in [-0.4, -0.2) is 51.0 Å². The van der Waals surface area contributed by atoms with Gasteiger partial charge in [0.05, 0.1) is 24.9 Å². The van der Waals surface area contributed by atoms with Crippen molar-refractivity contribution in [2.45, 2.75) is 63.8 Å². The van der Waals surface area contributed by atoms with E-state index in [2.05, 4.69) is 36.3 Å². The monoisotopic (exact) mass is 397 g/mol. The molecule has 1 aromatic carbocycles. The molecule has 2 N–H and O–H groups in total. The second-order valence-corrected chi connectivity index (χ2v) is 8.68. The lowest BCUT2D eigenvalue weighted by Gasteiger charge is -2.39. The molecule has 2 atom stereocenters. The fraction of sp³-hybridized carbons (Fsp3) is 0.591. The van der Waals surface area contributed by atoms with E-state index in [0.29, 0.717) is 24.7 Å². The summed E-state index contributed by atoms with van der Waals surface area (Å²) in [6.07, 6.45) is 5.63. The van der Waals surface area contributed by atoms with Crippen molar-refractivity contribution in [3.63, 3.8) is 0 Å². The van der Waals surface area contributed by atoms with Crippen LogP contribution in [0.2, 0.25) is 0 Å². The average Bonchev–Trinajstić information content (AvgIpc) is 3.24. The van der Waals surface area contributed by atoms with Crippen LogP contribution in [0, 0.1) is 5.92 Å². The summed E-state index contributed by atoms with van der Waals surface area (Å²) in [7, 11) is 0. The molecule has 0 bridgehead atoms. The van der Waals surface area contributed by atoms with Crippen molar-refractivity contribution in [2.75, 3.05) is 13.1 Å². The van der Waals surface area contributed by atoms with Crippen molar-refractivity contribution in [1.29, 1.82) is 0 Å². The van der Waals surface area contributed by atoms with Crippen molar-refractivity contribution in [3.05, 3.63) is 47.8 Å². The van der Waals surface area contributed by atoms with Crippen LogP contribution in [0.3, 0.4) is 0 Å². The molecule has 7 nitrogen and oxygen atoms in total. The molecule has 0 unspecified atom stereocenters. The number of benzene rings is 1. The largest absolute Gasteiger partial charge is 0.366 e. The molecule has 1 aromatic heterocycles. The van der Waals surface area contributed by atoms with Crippen LogP contribution in [0.5, 0.6) is 0 Å². The number of rotatable bonds is 4. The predicted octanol–water partition coefficient (Wildman–Crippen LogP) is 2.96. The molecule has 2 heterocycles. The molecular formula is C22H31N5O2. The van der Waals surface area contributed by atoms with Crippen LogP contribution in [0.4, 0.5) is 0 Å². The summed E-state index contributed by atoms with van der Waals surface area (Å²) in [6, 6.07) is 10.7. The van der Waals surface area contributed by atoms with Gasteiger partial charge in [0.15, 0.2) is 5.69 Å². The Labute approximate surface area is 172 Å². The molecule has 1 saturated carbocycles. The Balaban J connectivity index is 1.49. The second kappa shape index (κ2) is 8.63. The van der Waals surface area contributed by atoms with Gasteiger partial charge >= 0.3 is 0 Å². The number of aromatic nitrogens is 3. The molecule has 1 amide bonds. The SMILES string of the molecule is CC(C)[C@H]1CN(C(=O)c2cn(C3CCC(N)CC3)nn2)C[C@@H](c2ccccc2)O1. The predicted molar refractivity (Wildman–Crippen MR) is 110 cm³/mol. The van der Waals surface area contributed by atoms with Gasteiger partial charge in [-0.05, 0) is 37.2 Å². The minimum atomic E-state index is -0.129. The van der Waals surface area contributed by atoms with Crippen LogP contribution < -0.4 is 5.73 Å². The molecule has 0 radical (unpaired) electrons. The summed E-state index contributed by atoms with van der Waals surface area (Å²) >= 11 is 0. The first kappa shape index (κ1) is 20.0. The van der Waals surface area contributed by atoms with Gasteiger partial charge in [-0.15, -0.1) is 5.10 Å². The molecule has 29 heavy (non-hydrogen) atoms. The molecule has 2 aliphatic rings. The van der Waals surface area contributed by atoms with E-state index in [4.69, 9.17) is 10.5 Å². The Morgan fingerprint density at radius 2 is 1.86 bits per heavy atom. The lowest BCUT2D eigenvalue weighted by molar-refractivity contribution is -0.0955. The first-order chi connectivity index (χ1) is 14.0. The van der Waals surface area contributed by atoms with E-state index in [9.17, 15) is 4.79 Å². The van der Waals surface area contributed by atoms with Gasteiger partial charge in [0.1, 0.15) is 6.10 Å². The van der Waals surface area contributed by atoms with Crippen molar-refractivity contribution in [3.8, 4) is 0 Å². The maximum atomic E-state index is 13.2. The quantitative estimate of drug-likeness (QED) is 0.857. The highest BCUT2D eigenvalue weighted by Crippen LogP contribution is 2.30. The Morgan fingerprint density at radius 1 is 1.14 bits per heavy atom. The fourth-order valence-corrected chi connectivity index (χ4v) is 4.26. The fourth-order valence-electron chi connectivity index (χ4n) is 4.26. The Morgan fingerprint density at radius 3 is 2.55 bits per heavy atom. The Kier molecular flexibility index (Phi) is 5.96. The minimum Gasteiger partial charge on any atom is -0.366 e. The third kappa shape index (κ3) is 4.51. The number of hydrogen-bond donors (Lipinski definition) is 1. The van der Waals surface area contributed by atoms with Crippen molar-refractivity contribution < 1.29 is 9.53 Å². The van der Waals surface area contributed by atoms with Crippen LogP contribution in [0.25, 0.3) is 0 Å². The molecule has 7 heteroatoms. The van der Waals surface area contributed by atoms with E-state index in [1.54, 1.807) is 6.20 Å². The summed E-state index contributed by atoms with van der Waals surface area (Å²) in [5.41, 5.74) is 7.51. The molecule has 1 aliphatic carbocycles. The Bertz CT molecular complexity index is 814. The number of carbonyl (C=O) groups is 1. The van der Waals surface area contributed by atoms with Crippen molar-refractivity contribution >= 4 is 5.91 Å². The van der Waals surface area contributed by atoms with Gasteiger partial charge < -0.3 is 15.4 Å². The molecule has 0 spiro atoms. The molecule has 2 aromatic rings. The molecule has 1 saturated heterocycles. The highest BCUT2D eigenvalue weighted by atomic mass is 16.5. The van der Waals surface area contributed by atoms with Crippen LogP contribution in [-0.2, 0) is 4.74 Å². The number of carbonyl (C=O) groups excluding carboxylic acids is 1. The lowest BCUT2D eigenvalue weighted by Crippen LogP contribution is -2.48. The molecule has 4 rings (SSSR count). The number of morpholine rings is 1. The summed E-state index contributed by atoms with van der Waals surface area (Å²) in [4.78, 5) is 15.1. The molecular weight excluding hydrogens is 366 g/mol. The van der Waals surface area contributed by atoms with Gasteiger partial charge in [0, 0.05) is 12.6 Å². The lowest BCUT2D eigenvalue weighted by atomic mass is 9.92. The van der Waals surface area contributed by atoms with Crippen LogP contribution in [0.1, 0.15) is 67.7 Å². The highest BCUT2D eigenvalue weighted by Gasteiger charge is 2.34. The smallest absolute Gasteiger partial charge is 0.276 e. The minimum absolute atomic E-state index is 0.00668. The number of amides is 1. The van der Waals surface area contributed by atoms with Crippen LogP contribution >= 0.6 is 0 Å². The first-order valence-corrected chi connectivity index (χ1v) is 10.7. The number of nitrogens with two attached hydrogens (primary N) is 1. The standard InChI is InChI=1S/C22H31N5O2/c1-15(2)20-13-26(14-21(29-20)16-6-4-3-5-7-16)22(28)19-12-27(25-24-19)18-10-8-17(23)9-11-18/h3-7,12,15,17-18,20-21H,8-11,13-14,23H2,1-2H3/t17?,18?,20-,21+/m1/s1. The van der Waals surface area contributed by atoms with Gasteiger partial charge in [0.2, 0.25) is 0 Å². The van der Waals surface area contributed by atoms with E-state index >= 15 is 0 Å². The first-order valence-electron chi connectivity index (χ1n) is 10.7. The molecule has 156 valence electrons. The topological polar surface area (TPSA) is 86.3 Å². The van der Waals surface area contributed by atoms with Crippen LogP contribution in [0.15, 0.2) is 36.5 Å². The molecule has 2 fully saturated rings. The van der Waals surface area contributed by atoms with E-state index in [1.807, 2.05) is 27.8 Å². The highest BCUT2D eigenvalue weighted by molar-refractivity contribution is 5.92. The van der Waals surface area contributed by atoms with Gasteiger partial charge in [0.25, 0.3) is 5.91 Å². The van der Waals surface area contributed by atoms with Crippen molar-refractivity contribution in [2.24, 2.45) is 11.7 Å². The second-order valence-electron chi connectivity index (χ2n) is 8.68. The zero-order valence-electron chi connectivity index (χ0n) is 17.3. The average molecular weight is 398 g/mol. The maximum Gasteiger partial charge on any atom is 0.276 e. The summed E-state index contributed by atoms with van der Waals surface area (Å²) in [5.74, 6) is 0.248. The van der Waals surface area contributed by atoms with Gasteiger partial charge in [-0.1, -0.05) is 49.4 Å². The normalized spacial score (nSPS) is 27.9. The zero-order chi connectivity index (χ0) is 20.4. The number of hydrogen-bond acceptors (Lipinski definition) is 5. The maximum absolute atomic E-state index is 13.2. The molecule has 1 aliphatic heterocycles. The summed E-state index contributed by atoms with van der Waals surface area (Å²) in [5, 5.41) is 8.46. The number of nitrogens with zero attached hydrogens (tertiary/aromatic N) is 4. The van der Waals surface area contributed by atoms with E-state index < -0.39 is 0 Å². The Hall–Kier alpha value is -2.25. The third-order valence-corrected chi connectivity index (χ3v) is 6.17. The van der Waals surface area contributed by atoms with Gasteiger partial charge in [-0.3, -0.25) is 4.79 Å². The third-order valence-electron chi connectivity index (χ3n) is 6.17. The summed E-state index contributed by atoms with van der Waals surface area (Å²) in [6.45, 7) is 5.36. The zero-order valence-corrected chi connectivity index (χ0v) is 17.3. The number of ether oxygens (including phenoxy) is 1. The summed E-state index contributed by atoms with van der Waals surface area (Å²) < 4.78 is 8.17. The van der Waals surface area contributed by atoms with E-state index in [0.717, 1.165) is 31.2 Å². The van der Waals surface area contributed by atoms with Gasteiger partial charge in [-0.25, -0.2) is 4.68 Å². The van der Waals surface area contributed by atoms with E-state index in [1.165, 1.54) is 0 Å². The van der Waals surface area contributed by atoms with E-state index in [-0.39, 0.29) is 30.2 Å².